The van der Waals surface area contributed by atoms with E-state index in [1.165, 1.54) is 12.1 Å². The number of carbonyl (C=O) groups is 1. The van der Waals surface area contributed by atoms with Crippen LogP contribution in [0.25, 0.3) is 11.3 Å². The summed E-state index contributed by atoms with van der Waals surface area (Å²) in [6.07, 6.45) is 0.599. The van der Waals surface area contributed by atoms with Gasteiger partial charge in [0.05, 0.1) is 5.69 Å². The molecule has 0 aliphatic heterocycles. The number of benzene rings is 1. The summed E-state index contributed by atoms with van der Waals surface area (Å²) in [5, 5.41) is 11.6. The molecule has 110 valence electrons. The number of carboxylic acid groups (broad SMARTS) is 1. The van der Waals surface area contributed by atoms with E-state index in [9.17, 15) is 9.18 Å². The Balaban J connectivity index is 2.10. The first-order valence-electron chi connectivity index (χ1n) is 6.62. The molecule has 5 nitrogen and oxygen atoms in total. The molecule has 1 aromatic carbocycles. The van der Waals surface area contributed by atoms with Crippen LogP contribution in [0.5, 0.6) is 0 Å². The zero-order valence-corrected chi connectivity index (χ0v) is 11.6. The SMILES string of the molecule is Cc1cc(-c2ccc(F)cc2)nc(NCCCC(=O)O)n1. The minimum absolute atomic E-state index is 0.101. The molecule has 1 heterocycles. The highest BCUT2D eigenvalue weighted by Crippen LogP contribution is 2.19. The van der Waals surface area contributed by atoms with Crippen LogP contribution in [0.4, 0.5) is 10.3 Å². The first-order chi connectivity index (χ1) is 10.0. The fourth-order valence-corrected chi connectivity index (χ4v) is 1.86. The average molecular weight is 289 g/mol. The van der Waals surface area contributed by atoms with Crippen molar-refractivity contribution in [1.82, 2.24) is 9.97 Å². The Labute approximate surface area is 121 Å². The van der Waals surface area contributed by atoms with Crippen molar-refractivity contribution in [3.63, 3.8) is 0 Å². The molecule has 2 aromatic rings. The summed E-state index contributed by atoms with van der Waals surface area (Å²) < 4.78 is 12.9. The predicted octanol–water partition coefficient (Wildman–Crippen LogP) is 2.87. The van der Waals surface area contributed by atoms with E-state index in [-0.39, 0.29) is 12.2 Å². The molecule has 0 amide bonds. The van der Waals surface area contributed by atoms with Crippen molar-refractivity contribution in [3.05, 3.63) is 41.8 Å². The van der Waals surface area contributed by atoms with Gasteiger partial charge in [-0.2, -0.15) is 0 Å². The maximum Gasteiger partial charge on any atom is 0.303 e. The lowest BCUT2D eigenvalue weighted by molar-refractivity contribution is -0.137. The van der Waals surface area contributed by atoms with Gasteiger partial charge in [0.2, 0.25) is 5.95 Å². The Morgan fingerprint density at radius 2 is 2.00 bits per heavy atom. The quantitative estimate of drug-likeness (QED) is 0.800. The standard InChI is InChI=1S/C15H16FN3O2/c1-10-9-13(11-4-6-12(16)7-5-11)19-15(18-10)17-8-2-3-14(20)21/h4-7,9H,2-3,8H2,1H3,(H,20,21)(H,17,18,19). The molecular weight excluding hydrogens is 273 g/mol. The number of aryl methyl sites for hydroxylation is 1. The fraction of sp³-hybridized carbons (Fsp3) is 0.267. The van der Waals surface area contributed by atoms with E-state index in [0.717, 1.165) is 11.3 Å². The lowest BCUT2D eigenvalue weighted by Crippen LogP contribution is -2.08. The minimum Gasteiger partial charge on any atom is -0.481 e. The molecule has 0 aliphatic rings. The van der Waals surface area contributed by atoms with Crippen molar-refractivity contribution in [2.45, 2.75) is 19.8 Å². The number of nitrogens with one attached hydrogen (secondary N) is 1. The van der Waals surface area contributed by atoms with Crippen molar-refractivity contribution in [2.75, 3.05) is 11.9 Å². The zero-order chi connectivity index (χ0) is 15.2. The zero-order valence-electron chi connectivity index (χ0n) is 11.6. The Morgan fingerprint density at radius 3 is 2.67 bits per heavy atom. The van der Waals surface area contributed by atoms with E-state index in [0.29, 0.717) is 24.6 Å². The number of rotatable bonds is 6. The molecule has 2 N–H and O–H groups in total. The van der Waals surface area contributed by atoms with Gasteiger partial charge in [0, 0.05) is 24.2 Å². The second-order valence-corrected chi connectivity index (χ2v) is 4.65. The van der Waals surface area contributed by atoms with Gasteiger partial charge in [0.1, 0.15) is 5.82 Å². The molecule has 0 fully saturated rings. The Kier molecular flexibility index (Phi) is 4.81. The molecule has 0 aliphatic carbocycles. The summed E-state index contributed by atoms with van der Waals surface area (Å²) in [4.78, 5) is 19.0. The van der Waals surface area contributed by atoms with Crippen LogP contribution >= 0.6 is 0 Å². The van der Waals surface area contributed by atoms with Gasteiger partial charge < -0.3 is 10.4 Å². The van der Waals surface area contributed by atoms with Crippen molar-refractivity contribution in [3.8, 4) is 11.3 Å². The van der Waals surface area contributed by atoms with E-state index in [1.54, 1.807) is 12.1 Å². The van der Waals surface area contributed by atoms with Crippen LogP contribution < -0.4 is 5.32 Å². The van der Waals surface area contributed by atoms with E-state index in [1.807, 2.05) is 13.0 Å². The summed E-state index contributed by atoms with van der Waals surface area (Å²) in [7, 11) is 0. The summed E-state index contributed by atoms with van der Waals surface area (Å²) in [5.74, 6) is -0.676. The first-order valence-corrected chi connectivity index (χ1v) is 6.62. The molecule has 0 bridgehead atoms. The van der Waals surface area contributed by atoms with Crippen molar-refractivity contribution < 1.29 is 14.3 Å². The smallest absolute Gasteiger partial charge is 0.303 e. The van der Waals surface area contributed by atoms with Gasteiger partial charge in [-0.3, -0.25) is 4.79 Å². The van der Waals surface area contributed by atoms with Gasteiger partial charge >= 0.3 is 5.97 Å². The molecule has 2 rings (SSSR count). The number of hydrogen-bond donors (Lipinski definition) is 2. The highest BCUT2D eigenvalue weighted by molar-refractivity contribution is 5.66. The summed E-state index contributed by atoms with van der Waals surface area (Å²) >= 11 is 0. The summed E-state index contributed by atoms with van der Waals surface area (Å²) in [6, 6.07) is 7.89. The highest BCUT2D eigenvalue weighted by Gasteiger charge is 2.05. The van der Waals surface area contributed by atoms with Gasteiger partial charge in [-0.1, -0.05) is 0 Å². The van der Waals surface area contributed by atoms with Crippen molar-refractivity contribution in [1.29, 1.82) is 0 Å². The molecule has 0 saturated carbocycles. The molecule has 0 radical (unpaired) electrons. The van der Waals surface area contributed by atoms with Crippen LogP contribution in [-0.4, -0.2) is 27.6 Å². The number of aromatic nitrogens is 2. The normalized spacial score (nSPS) is 10.4. The van der Waals surface area contributed by atoms with Crippen LogP contribution in [0, 0.1) is 12.7 Å². The average Bonchev–Trinajstić information content (AvgIpc) is 2.43. The molecule has 6 heteroatoms. The Bertz CT molecular complexity index is 629. The summed E-state index contributed by atoms with van der Waals surface area (Å²) in [5.41, 5.74) is 2.28. The lowest BCUT2D eigenvalue weighted by Gasteiger charge is -2.08. The van der Waals surface area contributed by atoms with E-state index < -0.39 is 5.97 Å². The molecule has 1 aromatic heterocycles. The third kappa shape index (κ3) is 4.52. The monoisotopic (exact) mass is 289 g/mol. The number of nitrogens with zero attached hydrogens (tertiary/aromatic N) is 2. The second kappa shape index (κ2) is 6.78. The van der Waals surface area contributed by atoms with Crippen LogP contribution in [-0.2, 0) is 4.79 Å². The largest absolute Gasteiger partial charge is 0.481 e. The summed E-state index contributed by atoms with van der Waals surface area (Å²) in [6.45, 7) is 2.33. The maximum atomic E-state index is 12.9. The van der Waals surface area contributed by atoms with E-state index >= 15 is 0 Å². The second-order valence-electron chi connectivity index (χ2n) is 4.65. The minimum atomic E-state index is -0.825. The van der Waals surface area contributed by atoms with Gasteiger partial charge in [0.25, 0.3) is 0 Å². The Hall–Kier alpha value is -2.50. The molecule has 0 unspecified atom stereocenters. The Morgan fingerprint density at radius 1 is 1.29 bits per heavy atom. The van der Waals surface area contributed by atoms with Crippen molar-refractivity contribution >= 4 is 11.9 Å². The molecule has 21 heavy (non-hydrogen) atoms. The molecular formula is C15H16FN3O2. The third-order valence-electron chi connectivity index (χ3n) is 2.84. The maximum absolute atomic E-state index is 12.9. The van der Waals surface area contributed by atoms with Gasteiger partial charge in [-0.25, -0.2) is 14.4 Å². The van der Waals surface area contributed by atoms with Crippen molar-refractivity contribution in [2.24, 2.45) is 0 Å². The number of halogens is 1. The van der Waals surface area contributed by atoms with E-state index in [4.69, 9.17) is 5.11 Å². The predicted molar refractivity (Wildman–Crippen MR) is 77.5 cm³/mol. The number of aliphatic carboxylic acids is 1. The lowest BCUT2D eigenvalue weighted by atomic mass is 10.1. The van der Waals surface area contributed by atoms with Crippen LogP contribution in [0.1, 0.15) is 18.5 Å². The fourth-order valence-electron chi connectivity index (χ4n) is 1.86. The van der Waals surface area contributed by atoms with Gasteiger partial charge in [0.15, 0.2) is 0 Å². The number of hydrogen-bond acceptors (Lipinski definition) is 4. The topological polar surface area (TPSA) is 75.1 Å². The van der Waals surface area contributed by atoms with Crippen LogP contribution in [0.2, 0.25) is 0 Å². The van der Waals surface area contributed by atoms with Gasteiger partial charge in [-0.05, 0) is 43.7 Å². The molecule has 0 saturated heterocycles. The first kappa shape index (κ1) is 14.9. The van der Waals surface area contributed by atoms with E-state index in [2.05, 4.69) is 15.3 Å². The van der Waals surface area contributed by atoms with Crippen LogP contribution in [0.15, 0.2) is 30.3 Å². The molecule has 0 spiro atoms. The number of anilines is 1. The van der Waals surface area contributed by atoms with Crippen LogP contribution in [0.3, 0.4) is 0 Å². The molecule has 0 atom stereocenters. The third-order valence-corrected chi connectivity index (χ3v) is 2.84. The number of carboxylic acids is 1. The van der Waals surface area contributed by atoms with Gasteiger partial charge in [-0.15, -0.1) is 0 Å². The highest BCUT2D eigenvalue weighted by atomic mass is 19.1.